The lowest BCUT2D eigenvalue weighted by molar-refractivity contribution is 0.0983. The third kappa shape index (κ3) is 6.25. The van der Waals surface area contributed by atoms with Crippen LogP contribution in [0.3, 0.4) is 0 Å². The molecule has 37 heavy (non-hydrogen) atoms. The molecule has 0 aliphatic carbocycles. The number of rotatable bonds is 10. The maximum Gasteiger partial charge on any atom is 0.258 e. The van der Waals surface area contributed by atoms with Gasteiger partial charge in [0.1, 0.15) is 0 Å². The molecule has 0 bridgehead atoms. The van der Waals surface area contributed by atoms with Crippen LogP contribution < -0.4 is 19.1 Å². The molecule has 196 valence electrons. The molecule has 4 rings (SSSR count). The third-order valence-corrected chi connectivity index (χ3v) is 7.19. The van der Waals surface area contributed by atoms with E-state index in [1.54, 1.807) is 33.5 Å². The van der Waals surface area contributed by atoms with Gasteiger partial charge in [0.25, 0.3) is 5.91 Å². The molecule has 0 radical (unpaired) electrons. The number of carbonyl (C=O) groups is 1. The zero-order chi connectivity index (χ0) is 26.2. The highest BCUT2D eigenvalue weighted by atomic mass is 16.5. The Kier molecular flexibility index (Phi) is 9.07. The standard InChI is InChI=1S/C31H38N2O4/c1-23-12-8-9-17-32(23)18-11-19-33(27-16-10-15-25(20-27)24-13-6-5-7-14-24)31(34)26-21-28(35-2)30(37-4)29(22-26)36-3/h5-7,10,13-16,20-23H,8-9,11-12,17-19H2,1-4H3. The molecule has 3 aromatic rings. The normalized spacial score (nSPS) is 15.7. The van der Waals surface area contributed by atoms with Crippen molar-refractivity contribution in [1.29, 1.82) is 0 Å². The Balaban J connectivity index is 1.66. The first-order valence-electron chi connectivity index (χ1n) is 13.1. The van der Waals surface area contributed by atoms with Gasteiger partial charge in [-0.05, 0) is 68.1 Å². The molecule has 1 fully saturated rings. The van der Waals surface area contributed by atoms with Gasteiger partial charge in [-0.25, -0.2) is 0 Å². The van der Waals surface area contributed by atoms with Crippen LogP contribution >= 0.6 is 0 Å². The lowest BCUT2D eigenvalue weighted by Crippen LogP contribution is -2.40. The third-order valence-electron chi connectivity index (χ3n) is 7.19. The summed E-state index contributed by atoms with van der Waals surface area (Å²) in [6.07, 6.45) is 4.68. The molecule has 1 aliphatic heterocycles. The summed E-state index contributed by atoms with van der Waals surface area (Å²) in [7, 11) is 4.68. The molecular weight excluding hydrogens is 464 g/mol. The maximum atomic E-state index is 14.0. The van der Waals surface area contributed by atoms with Crippen LogP contribution in [0, 0.1) is 0 Å². The molecule has 1 aliphatic rings. The van der Waals surface area contributed by atoms with Crippen molar-refractivity contribution in [2.24, 2.45) is 0 Å². The van der Waals surface area contributed by atoms with Gasteiger partial charge in [-0.1, -0.05) is 48.9 Å². The monoisotopic (exact) mass is 502 g/mol. The lowest BCUT2D eigenvalue weighted by atomic mass is 10.0. The van der Waals surface area contributed by atoms with Crippen LogP contribution in [0.2, 0.25) is 0 Å². The predicted molar refractivity (Wildman–Crippen MR) is 149 cm³/mol. The number of methoxy groups -OCH3 is 3. The van der Waals surface area contributed by atoms with E-state index in [4.69, 9.17) is 14.2 Å². The van der Waals surface area contributed by atoms with Gasteiger partial charge in [-0.2, -0.15) is 0 Å². The van der Waals surface area contributed by atoms with E-state index in [-0.39, 0.29) is 5.91 Å². The number of anilines is 1. The summed E-state index contributed by atoms with van der Waals surface area (Å²) in [5.41, 5.74) is 3.55. The Hall–Kier alpha value is -3.51. The number of benzene rings is 3. The summed E-state index contributed by atoms with van der Waals surface area (Å²) in [4.78, 5) is 18.5. The molecule has 0 saturated carbocycles. The summed E-state index contributed by atoms with van der Waals surface area (Å²) in [5, 5.41) is 0. The molecular formula is C31H38N2O4. The maximum absolute atomic E-state index is 14.0. The van der Waals surface area contributed by atoms with E-state index in [0.717, 1.165) is 36.3 Å². The zero-order valence-corrected chi connectivity index (χ0v) is 22.4. The molecule has 0 spiro atoms. The summed E-state index contributed by atoms with van der Waals surface area (Å²) >= 11 is 0. The molecule has 1 amide bonds. The van der Waals surface area contributed by atoms with Crippen molar-refractivity contribution in [3.05, 3.63) is 72.3 Å². The fraction of sp³-hybridized carbons (Fsp3) is 0.387. The van der Waals surface area contributed by atoms with Crippen LogP contribution in [-0.2, 0) is 0 Å². The fourth-order valence-corrected chi connectivity index (χ4v) is 5.11. The molecule has 1 unspecified atom stereocenters. The van der Waals surface area contributed by atoms with Gasteiger partial charge in [0.05, 0.1) is 21.3 Å². The molecule has 0 aromatic heterocycles. The van der Waals surface area contributed by atoms with Crippen molar-refractivity contribution in [3.63, 3.8) is 0 Å². The smallest absolute Gasteiger partial charge is 0.258 e. The van der Waals surface area contributed by atoms with Crippen molar-refractivity contribution in [3.8, 4) is 28.4 Å². The molecule has 1 saturated heterocycles. The number of hydrogen-bond donors (Lipinski definition) is 0. The SMILES string of the molecule is COc1cc(C(=O)N(CCCN2CCCCC2C)c2cccc(-c3ccccc3)c2)cc(OC)c1OC. The number of ether oxygens (including phenoxy) is 3. The second-order valence-electron chi connectivity index (χ2n) is 9.52. The van der Waals surface area contributed by atoms with Crippen molar-refractivity contribution in [1.82, 2.24) is 4.90 Å². The summed E-state index contributed by atoms with van der Waals surface area (Å²) in [6.45, 7) is 5.02. The Bertz CT molecular complexity index is 1160. The first kappa shape index (κ1) is 26.6. The van der Waals surface area contributed by atoms with Gasteiger partial charge in [0, 0.05) is 30.4 Å². The van der Waals surface area contributed by atoms with Crippen LogP contribution in [0.5, 0.6) is 17.2 Å². The van der Waals surface area contributed by atoms with Gasteiger partial charge in [0.2, 0.25) is 5.75 Å². The van der Waals surface area contributed by atoms with Gasteiger partial charge in [-0.3, -0.25) is 4.79 Å². The number of piperidine rings is 1. The summed E-state index contributed by atoms with van der Waals surface area (Å²) in [5.74, 6) is 1.30. The van der Waals surface area contributed by atoms with Gasteiger partial charge in [-0.15, -0.1) is 0 Å². The molecule has 3 aromatic carbocycles. The van der Waals surface area contributed by atoms with Crippen LogP contribution in [0.15, 0.2) is 66.7 Å². The van der Waals surface area contributed by atoms with E-state index in [1.165, 1.54) is 19.3 Å². The quantitative estimate of drug-likeness (QED) is 0.326. The van der Waals surface area contributed by atoms with Crippen molar-refractivity contribution < 1.29 is 19.0 Å². The van der Waals surface area contributed by atoms with Gasteiger partial charge >= 0.3 is 0 Å². The van der Waals surface area contributed by atoms with Crippen LogP contribution in [0.4, 0.5) is 5.69 Å². The number of amides is 1. The molecule has 0 N–H and O–H groups in total. The number of nitrogens with zero attached hydrogens (tertiary/aromatic N) is 2. The lowest BCUT2D eigenvalue weighted by Gasteiger charge is -2.34. The van der Waals surface area contributed by atoms with Crippen molar-refractivity contribution in [2.75, 3.05) is 45.9 Å². The Morgan fingerprint density at radius 2 is 1.59 bits per heavy atom. The minimum absolute atomic E-state index is 0.101. The van der Waals surface area contributed by atoms with E-state index in [1.807, 2.05) is 35.2 Å². The molecule has 1 heterocycles. The van der Waals surface area contributed by atoms with E-state index in [9.17, 15) is 4.79 Å². The number of hydrogen-bond acceptors (Lipinski definition) is 5. The highest BCUT2D eigenvalue weighted by Gasteiger charge is 2.24. The predicted octanol–water partition coefficient (Wildman–Crippen LogP) is 6.29. The van der Waals surface area contributed by atoms with Crippen LogP contribution in [0.25, 0.3) is 11.1 Å². The number of carbonyl (C=O) groups excluding carboxylic acids is 1. The Labute approximate surface area is 220 Å². The van der Waals surface area contributed by atoms with Crippen molar-refractivity contribution in [2.45, 2.75) is 38.6 Å². The largest absolute Gasteiger partial charge is 0.493 e. The average Bonchev–Trinajstić information content (AvgIpc) is 2.95. The fourth-order valence-electron chi connectivity index (χ4n) is 5.11. The van der Waals surface area contributed by atoms with E-state index < -0.39 is 0 Å². The molecule has 1 atom stereocenters. The minimum atomic E-state index is -0.101. The van der Waals surface area contributed by atoms with Gasteiger partial charge < -0.3 is 24.0 Å². The van der Waals surface area contributed by atoms with Gasteiger partial charge in [0.15, 0.2) is 11.5 Å². The summed E-state index contributed by atoms with van der Waals surface area (Å²) < 4.78 is 16.5. The summed E-state index contributed by atoms with van der Waals surface area (Å²) in [6, 6.07) is 22.5. The highest BCUT2D eigenvalue weighted by Crippen LogP contribution is 2.39. The second kappa shape index (κ2) is 12.6. The van der Waals surface area contributed by atoms with E-state index in [2.05, 4.69) is 36.1 Å². The average molecular weight is 503 g/mol. The zero-order valence-electron chi connectivity index (χ0n) is 22.4. The minimum Gasteiger partial charge on any atom is -0.493 e. The Morgan fingerprint density at radius 3 is 2.24 bits per heavy atom. The van der Waals surface area contributed by atoms with E-state index in [0.29, 0.717) is 35.4 Å². The molecule has 6 heteroatoms. The van der Waals surface area contributed by atoms with Crippen LogP contribution in [0.1, 0.15) is 43.0 Å². The number of likely N-dealkylation sites (tertiary alicyclic amines) is 1. The highest BCUT2D eigenvalue weighted by molar-refractivity contribution is 6.07. The second-order valence-corrected chi connectivity index (χ2v) is 9.52. The first-order chi connectivity index (χ1) is 18.0. The van der Waals surface area contributed by atoms with Crippen LogP contribution in [-0.4, -0.2) is 57.8 Å². The Morgan fingerprint density at radius 1 is 0.892 bits per heavy atom. The molecule has 6 nitrogen and oxygen atoms in total. The topological polar surface area (TPSA) is 51.2 Å². The van der Waals surface area contributed by atoms with E-state index >= 15 is 0 Å². The van der Waals surface area contributed by atoms with Crippen molar-refractivity contribution >= 4 is 11.6 Å². The first-order valence-corrected chi connectivity index (χ1v) is 13.1.